The zero-order valence-corrected chi connectivity index (χ0v) is 19.1. The van der Waals surface area contributed by atoms with Crippen molar-refractivity contribution in [2.45, 2.75) is 23.2 Å². The molecule has 0 spiro atoms. The minimum Gasteiger partial charge on any atom is -0.477 e. The van der Waals surface area contributed by atoms with Crippen molar-refractivity contribution in [1.82, 2.24) is 9.21 Å². The van der Waals surface area contributed by atoms with E-state index in [1.807, 2.05) is 0 Å². The summed E-state index contributed by atoms with van der Waals surface area (Å²) in [5.74, 6) is -1.36. The van der Waals surface area contributed by atoms with Crippen molar-refractivity contribution < 1.29 is 19.5 Å². The van der Waals surface area contributed by atoms with E-state index in [1.54, 1.807) is 18.2 Å². The average molecular weight is 559 g/mol. The Morgan fingerprint density at radius 2 is 2.15 bits per heavy atom. The van der Waals surface area contributed by atoms with Gasteiger partial charge in [0.2, 0.25) is 5.91 Å². The lowest BCUT2D eigenvalue weighted by atomic mass is 10.0. The zero-order valence-electron chi connectivity index (χ0n) is 13.8. The fourth-order valence-corrected chi connectivity index (χ4v) is 6.73. The number of carbonyl (C=O) groups excluding carboxylic acids is 2. The summed E-state index contributed by atoms with van der Waals surface area (Å²) in [5, 5.41) is 9.96. The number of halogens is 3. The van der Waals surface area contributed by atoms with Gasteiger partial charge in [-0.15, -0.1) is 11.8 Å². The molecule has 0 radical (unpaired) electrons. The van der Waals surface area contributed by atoms with Gasteiger partial charge < -0.3 is 5.11 Å². The fourth-order valence-electron chi connectivity index (χ4n) is 2.82. The molecule has 1 saturated heterocycles. The third kappa shape index (κ3) is 3.93. The third-order valence-electron chi connectivity index (χ3n) is 4.04. The van der Waals surface area contributed by atoms with Crippen molar-refractivity contribution in [2.75, 3.05) is 10.2 Å². The number of carbonyl (C=O) groups is 3. The molecule has 0 aliphatic carbocycles. The van der Waals surface area contributed by atoms with Gasteiger partial charge in [-0.05, 0) is 35.7 Å². The molecular weight excluding hydrogens is 546 g/mol. The van der Waals surface area contributed by atoms with Gasteiger partial charge in [-0.3, -0.25) is 18.8 Å². The van der Waals surface area contributed by atoms with Gasteiger partial charge in [-0.25, -0.2) is 4.79 Å². The zero-order chi connectivity index (χ0) is 19.9. The first-order chi connectivity index (χ1) is 12.8. The molecule has 144 valence electrons. The van der Waals surface area contributed by atoms with E-state index in [0.717, 1.165) is 11.9 Å². The van der Waals surface area contributed by atoms with Crippen molar-refractivity contribution in [1.29, 1.82) is 0 Å². The summed E-state index contributed by atoms with van der Waals surface area (Å²) >= 11 is 16.8. The van der Waals surface area contributed by atoms with Crippen molar-refractivity contribution in [3.63, 3.8) is 0 Å². The highest BCUT2D eigenvalue weighted by molar-refractivity contribution is 14.1. The highest BCUT2D eigenvalue weighted by Crippen LogP contribution is 2.46. The molecule has 2 heterocycles. The highest BCUT2D eigenvalue weighted by atomic mass is 127. The molecule has 2 aliphatic rings. The number of hydrogen-bond acceptors (Lipinski definition) is 5. The quantitative estimate of drug-likeness (QED) is 0.255. The lowest BCUT2D eigenvalue weighted by Crippen LogP contribution is -2.70. The fraction of sp³-hybridized carbons (Fsp3) is 0.312. The predicted octanol–water partition coefficient (Wildman–Crippen LogP) is 3.91. The molecule has 2 amide bonds. The molecule has 1 aromatic rings. The predicted molar refractivity (Wildman–Crippen MR) is 115 cm³/mol. The van der Waals surface area contributed by atoms with Crippen LogP contribution in [-0.2, 0) is 14.4 Å². The van der Waals surface area contributed by atoms with Crippen LogP contribution in [0.4, 0.5) is 0 Å². The van der Waals surface area contributed by atoms with Gasteiger partial charge >= 0.3 is 5.97 Å². The van der Waals surface area contributed by atoms with Crippen LogP contribution in [0.25, 0.3) is 0 Å². The van der Waals surface area contributed by atoms with Gasteiger partial charge in [0.15, 0.2) is 6.04 Å². The maximum absolute atomic E-state index is 12.8. The van der Waals surface area contributed by atoms with Crippen LogP contribution in [0.3, 0.4) is 0 Å². The van der Waals surface area contributed by atoms with Gasteiger partial charge in [-0.1, -0.05) is 45.8 Å². The van der Waals surface area contributed by atoms with Gasteiger partial charge in [0.05, 0.1) is 5.02 Å². The van der Waals surface area contributed by atoms with E-state index in [1.165, 1.54) is 27.9 Å². The summed E-state index contributed by atoms with van der Waals surface area (Å²) in [4.78, 5) is 38.6. The van der Waals surface area contributed by atoms with E-state index in [4.69, 9.17) is 23.2 Å². The molecule has 11 heteroatoms. The molecule has 2 aliphatic heterocycles. The summed E-state index contributed by atoms with van der Waals surface area (Å²) in [5.41, 5.74) is 0.736. The van der Waals surface area contributed by atoms with Crippen LogP contribution in [0.5, 0.6) is 0 Å². The van der Waals surface area contributed by atoms with Gasteiger partial charge in [0, 0.05) is 27.0 Å². The van der Waals surface area contributed by atoms with E-state index in [-0.39, 0.29) is 11.6 Å². The number of β-lactam (4-membered cyclic amide) rings is 1. The molecule has 2 atom stereocenters. The van der Waals surface area contributed by atoms with Gasteiger partial charge in [0.25, 0.3) is 5.91 Å². The number of alkyl halides is 1. The van der Waals surface area contributed by atoms with Crippen molar-refractivity contribution in [3.8, 4) is 0 Å². The number of nitrogens with zero attached hydrogens (tertiary/aromatic N) is 2. The number of thioether (sulfide) groups is 1. The molecule has 6 nitrogen and oxygen atoms in total. The maximum atomic E-state index is 12.8. The second kappa shape index (κ2) is 8.40. The standard InChI is InChI=1S/C16H13Cl2IN2O4S2/c1-7(22)21(27-11-4-9(17)2-3-10(11)18)13-14(23)20-12(16(24)25)8(5-19)6-26-15(13)20/h2-4,13,15H,5-6H2,1H3,(H,24,25)/t13?,15-/m1/s1. The molecule has 1 aromatic carbocycles. The van der Waals surface area contributed by atoms with Crippen molar-refractivity contribution in [2.24, 2.45) is 0 Å². The minimum atomic E-state index is -1.13. The van der Waals surface area contributed by atoms with Crippen molar-refractivity contribution in [3.05, 3.63) is 39.5 Å². The Balaban J connectivity index is 1.90. The molecule has 3 rings (SSSR count). The molecule has 27 heavy (non-hydrogen) atoms. The number of benzene rings is 1. The second-order valence-electron chi connectivity index (χ2n) is 5.76. The Kier molecular flexibility index (Phi) is 6.56. The van der Waals surface area contributed by atoms with Gasteiger partial charge in [0.1, 0.15) is 11.1 Å². The molecule has 1 N–H and O–H groups in total. The van der Waals surface area contributed by atoms with Crippen molar-refractivity contribution >= 4 is 87.3 Å². The van der Waals surface area contributed by atoms with Gasteiger partial charge in [-0.2, -0.15) is 0 Å². The molecule has 1 unspecified atom stereocenters. The SMILES string of the molecule is CC(=O)N(Sc1cc(Cl)ccc1Cl)C1C(=O)N2C(C(=O)O)=C(CI)CS[C@H]12. The van der Waals surface area contributed by atoms with E-state index < -0.39 is 23.3 Å². The van der Waals surface area contributed by atoms with Crippen LogP contribution in [0.1, 0.15) is 6.92 Å². The molecule has 0 aromatic heterocycles. The van der Waals surface area contributed by atoms with Crippen LogP contribution in [0.15, 0.2) is 34.4 Å². The number of rotatable bonds is 5. The van der Waals surface area contributed by atoms with Crippen LogP contribution in [-0.4, -0.2) is 53.7 Å². The summed E-state index contributed by atoms with van der Waals surface area (Å²) in [6, 6.07) is 4.11. The van der Waals surface area contributed by atoms with E-state index in [9.17, 15) is 19.5 Å². The minimum absolute atomic E-state index is 0.0312. The van der Waals surface area contributed by atoms with Crippen LogP contribution in [0, 0.1) is 0 Å². The Morgan fingerprint density at radius 1 is 1.44 bits per heavy atom. The van der Waals surface area contributed by atoms with Crippen LogP contribution in [0.2, 0.25) is 10.0 Å². The second-order valence-corrected chi connectivity index (χ2v) is 9.48. The Hall–Kier alpha value is -0.620. The Labute approximate surface area is 187 Å². The number of amides is 2. The average Bonchev–Trinajstić information content (AvgIpc) is 2.62. The monoisotopic (exact) mass is 558 g/mol. The normalized spacial score (nSPS) is 21.6. The smallest absolute Gasteiger partial charge is 0.352 e. The largest absolute Gasteiger partial charge is 0.477 e. The molecular formula is C16H13Cl2IN2O4S2. The van der Waals surface area contributed by atoms with E-state index in [2.05, 4.69) is 22.6 Å². The van der Waals surface area contributed by atoms with Crippen LogP contribution >= 0.6 is 69.5 Å². The Morgan fingerprint density at radius 3 is 2.74 bits per heavy atom. The first kappa shape index (κ1) is 21.1. The van der Waals surface area contributed by atoms with Crippen LogP contribution < -0.4 is 0 Å². The topological polar surface area (TPSA) is 77.9 Å². The maximum Gasteiger partial charge on any atom is 0.352 e. The lowest BCUT2D eigenvalue weighted by molar-refractivity contribution is -0.154. The summed E-state index contributed by atoms with van der Waals surface area (Å²) < 4.78 is 1.87. The third-order valence-corrected chi connectivity index (χ3v) is 8.17. The Bertz CT molecular complexity index is 867. The van der Waals surface area contributed by atoms with E-state index in [0.29, 0.717) is 30.7 Å². The summed E-state index contributed by atoms with van der Waals surface area (Å²) in [6.07, 6.45) is 0. The number of carboxylic acid groups (broad SMARTS) is 1. The first-order valence-corrected chi connectivity index (χ1v) is 11.8. The number of fused-ring (bicyclic) bond motifs is 1. The molecule has 1 fully saturated rings. The number of hydrogen-bond donors (Lipinski definition) is 1. The molecule has 0 saturated carbocycles. The number of aliphatic carboxylic acids is 1. The molecule has 0 bridgehead atoms. The summed E-state index contributed by atoms with van der Waals surface area (Å²) in [7, 11) is 0. The highest BCUT2D eigenvalue weighted by Gasteiger charge is 2.57. The number of carboxylic acids is 1. The van der Waals surface area contributed by atoms with E-state index >= 15 is 0 Å². The summed E-state index contributed by atoms with van der Waals surface area (Å²) in [6.45, 7) is 1.36. The first-order valence-electron chi connectivity index (χ1n) is 7.65. The lowest BCUT2D eigenvalue weighted by Gasteiger charge is -2.52.